The van der Waals surface area contributed by atoms with Gasteiger partial charge >= 0.3 is 0 Å². The van der Waals surface area contributed by atoms with Gasteiger partial charge in [-0.15, -0.1) is 22.6 Å². The molecule has 3 aromatic carbocycles. The summed E-state index contributed by atoms with van der Waals surface area (Å²) in [7, 11) is 0. The Morgan fingerprint density at radius 1 is 0.939 bits per heavy atom. The summed E-state index contributed by atoms with van der Waals surface area (Å²) >= 11 is 0. The molecule has 1 aliphatic carbocycles. The summed E-state index contributed by atoms with van der Waals surface area (Å²) < 4.78 is 0. The Hall–Kier alpha value is -4.65. The molecule has 2 fully saturated rings. The maximum Gasteiger partial charge on any atom is 0.253 e. The van der Waals surface area contributed by atoms with Gasteiger partial charge in [-0.05, 0) is 109 Å². The Kier molecular flexibility index (Phi) is 12.1. The fourth-order valence-electron chi connectivity index (χ4n) is 6.60. The first-order chi connectivity index (χ1) is 23.4. The summed E-state index contributed by atoms with van der Waals surface area (Å²) in [6.45, 7) is 5.70. The van der Waals surface area contributed by atoms with Crippen LogP contribution in [0.3, 0.4) is 0 Å². The molecule has 0 unspecified atom stereocenters. The van der Waals surface area contributed by atoms with Crippen LogP contribution in [0.2, 0.25) is 0 Å². The first kappa shape index (κ1) is 35.7. The maximum absolute atomic E-state index is 13.7. The lowest BCUT2D eigenvalue weighted by Gasteiger charge is -2.28. The predicted molar refractivity (Wildman–Crippen MR) is 191 cm³/mol. The van der Waals surface area contributed by atoms with Gasteiger partial charge < -0.3 is 26.6 Å². The van der Waals surface area contributed by atoms with Gasteiger partial charge in [0.25, 0.3) is 5.91 Å². The lowest BCUT2D eigenvalue weighted by molar-refractivity contribution is -0.130. The molecule has 49 heavy (non-hydrogen) atoms. The third kappa shape index (κ3) is 8.88. The van der Waals surface area contributed by atoms with Crippen molar-refractivity contribution < 1.29 is 14.4 Å². The summed E-state index contributed by atoms with van der Waals surface area (Å²) in [5.41, 5.74) is 11.9. The minimum atomic E-state index is -0.774. The number of carbonyl (C=O) groups excluding carboxylic acids is 3. The Bertz CT molecular complexity index is 1700. The van der Waals surface area contributed by atoms with Crippen molar-refractivity contribution in [1.29, 1.82) is 0 Å². The second-order valence-electron chi connectivity index (χ2n) is 12.8. The van der Waals surface area contributed by atoms with E-state index < -0.39 is 6.04 Å². The van der Waals surface area contributed by atoms with Crippen LogP contribution in [0.15, 0.2) is 66.7 Å². The van der Waals surface area contributed by atoms with Crippen molar-refractivity contribution in [3.05, 3.63) is 83.4 Å². The van der Waals surface area contributed by atoms with Crippen LogP contribution in [-0.2, 0) is 16.0 Å². The molecule has 0 radical (unpaired) electrons. The number of nitrogens with zero attached hydrogens (tertiary/aromatic N) is 4. The quantitative estimate of drug-likeness (QED) is 0.168. The van der Waals surface area contributed by atoms with Crippen molar-refractivity contribution in [2.24, 2.45) is 17.6 Å². The molecule has 1 atom stereocenters. The van der Waals surface area contributed by atoms with Gasteiger partial charge in [-0.25, -0.2) is 0 Å². The average Bonchev–Trinajstić information content (AvgIpc) is 3.67. The molecule has 2 heterocycles. The lowest BCUT2D eigenvalue weighted by atomic mass is 9.81. The number of aromatic amines is 1. The third-order valence-electron chi connectivity index (χ3n) is 9.52. The van der Waals surface area contributed by atoms with Gasteiger partial charge in [0.2, 0.25) is 17.6 Å². The molecule has 0 spiro atoms. The first-order valence-corrected chi connectivity index (χ1v) is 16.7. The first-order valence-electron chi connectivity index (χ1n) is 16.7. The van der Waals surface area contributed by atoms with E-state index in [2.05, 4.69) is 36.6 Å². The fraction of sp³-hybridized carbons (Fsp3) is 0.389. The molecule has 258 valence electrons. The van der Waals surface area contributed by atoms with Crippen LogP contribution < -0.4 is 21.7 Å². The van der Waals surface area contributed by atoms with E-state index in [4.69, 9.17) is 5.73 Å². The van der Waals surface area contributed by atoms with Crippen LogP contribution in [0, 0.1) is 18.8 Å². The van der Waals surface area contributed by atoms with Crippen molar-refractivity contribution in [2.75, 3.05) is 38.0 Å². The Labute approximate surface area is 292 Å². The molecular formula is C36H44ClN9O3. The highest BCUT2D eigenvalue weighted by Crippen LogP contribution is 2.29. The van der Waals surface area contributed by atoms with Crippen LogP contribution >= 0.6 is 12.4 Å². The van der Waals surface area contributed by atoms with Gasteiger partial charge in [0.15, 0.2) is 0 Å². The van der Waals surface area contributed by atoms with Crippen LogP contribution in [0.1, 0.15) is 47.2 Å². The second kappa shape index (κ2) is 16.6. The highest BCUT2D eigenvalue weighted by atomic mass is 35.5. The summed E-state index contributed by atoms with van der Waals surface area (Å²) in [6, 6.07) is 20.3. The van der Waals surface area contributed by atoms with E-state index in [0.29, 0.717) is 49.0 Å². The number of amides is 3. The van der Waals surface area contributed by atoms with Crippen LogP contribution in [0.5, 0.6) is 0 Å². The normalized spacial score (nSPS) is 18.2. The predicted octanol–water partition coefficient (Wildman–Crippen LogP) is 3.74. The molecule has 12 nitrogen and oxygen atoms in total. The number of benzene rings is 3. The van der Waals surface area contributed by atoms with Crippen molar-refractivity contribution in [2.45, 2.75) is 45.1 Å². The van der Waals surface area contributed by atoms with Gasteiger partial charge in [-0.2, -0.15) is 5.21 Å². The zero-order valence-electron chi connectivity index (χ0n) is 27.7. The van der Waals surface area contributed by atoms with E-state index in [1.807, 2.05) is 54.3 Å². The molecule has 1 saturated heterocycles. The summed E-state index contributed by atoms with van der Waals surface area (Å²) in [5, 5.41) is 23.3. The summed E-state index contributed by atoms with van der Waals surface area (Å²) in [6.07, 6.45) is 3.71. The van der Waals surface area contributed by atoms with Gasteiger partial charge in [0.05, 0.1) is 0 Å². The Balaban J connectivity index is 0.00000468. The SMILES string of the molecule is Cc1cc(C(=O)N2CCNCC2)ccc1-c1ccc(C[C@H](NC(=O)[C@H]2CC[C@H](CN)CC2)C(=O)Nc2ccc(-c3nn[nH]n3)cc2)cc1.Cl. The van der Waals surface area contributed by atoms with Crippen LogP contribution in [-0.4, -0.2) is 82.0 Å². The number of halogens is 1. The minimum absolute atomic E-state index is 0. The van der Waals surface area contributed by atoms with Gasteiger partial charge in [-0.1, -0.05) is 30.3 Å². The summed E-state index contributed by atoms with van der Waals surface area (Å²) in [4.78, 5) is 42.0. The number of anilines is 1. The number of tetrazole rings is 1. The maximum atomic E-state index is 13.7. The monoisotopic (exact) mass is 685 g/mol. The molecule has 1 aromatic heterocycles. The number of carbonyl (C=O) groups is 3. The van der Waals surface area contributed by atoms with E-state index >= 15 is 0 Å². The lowest BCUT2D eigenvalue weighted by Crippen LogP contribution is -2.48. The zero-order chi connectivity index (χ0) is 33.5. The van der Waals surface area contributed by atoms with E-state index in [1.165, 1.54) is 0 Å². The molecular weight excluding hydrogens is 642 g/mol. The van der Waals surface area contributed by atoms with Gasteiger partial charge in [-0.3, -0.25) is 14.4 Å². The molecule has 13 heteroatoms. The Morgan fingerprint density at radius 2 is 1.63 bits per heavy atom. The Morgan fingerprint density at radius 3 is 2.27 bits per heavy atom. The number of aryl methyl sites for hydroxylation is 1. The number of hydrogen-bond acceptors (Lipinski definition) is 8. The van der Waals surface area contributed by atoms with Crippen molar-refractivity contribution >= 4 is 35.8 Å². The zero-order valence-corrected chi connectivity index (χ0v) is 28.5. The molecule has 0 bridgehead atoms. The van der Waals surface area contributed by atoms with Crippen molar-refractivity contribution in [1.82, 2.24) is 36.2 Å². The van der Waals surface area contributed by atoms with Crippen molar-refractivity contribution in [3.8, 4) is 22.5 Å². The molecule has 1 aliphatic heterocycles. The minimum Gasteiger partial charge on any atom is -0.344 e. The summed E-state index contributed by atoms with van der Waals surface area (Å²) in [5.74, 6) is 0.444. The number of nitrogens with two attached hydrogens (primary N) is 1. The molecule has 3 amide bonds. The molecule has 6 rings (SSSR count). The van der Waals surface area contributed by atoms with Crippen molar-refractivity contribution in [3.63, 3.8) is 0 Å². The number of aromatic nitrogens is 4. The highest BCUT2D eigenvalue weighted by molar-refractivity contribution is 5.98. The van der Waals surface area contributed by atoms with E-state index in [0.717, 1.165) is 66.6 Å². The van der Waals surface area contributed by atoms with Gasteiger partial charge in [0, 0.05) is 55.3 Å². The van der Waals surface area contributed by atoms with Crippen LogP contribution in [0.25, 0.3) is 22.5 Å². The largest absolute Gasteiger partial charge is 0.344 e. The van der Waals surface area contributed by atoms with E-state index in [-0.39, 0.29) is 36.0 Å². The molecule has 6 N–H and O–H groups in total. The average molecular weight is 686 g/mol. The second-order valence-corrected chi connectivity index (χ2v) is 12.8. The molecule has 2 aliphatic rings. The van der Waals surface area contributed by atoms with E-state index in [1.54, 1.807) is 24.3 Å². The highest BCUT2D eigenvalue weighted by Gasteiger charge is 2.29. The smallest absolute Gasteiger partial charge is 0.253 e. The topological polar surface area (TPSA) is 171 Å². The number of piperazine rings is 1. The molecule has 1 saturated carbocycles. The number of nitrogens with one attached hydrogen (secondary N) is 4. The van der Waals surface area contributed by atoms with Crippen LogP contribution in [0.4, 0.5) is 5.69 Å². The fourth-order valence-corrected chi connectivity index (χ4v) is 6.60. The number of H-pyrrole nitrogens is 1. The molecule has 4 aromatic rings. The third-order valence-corrected chi connectivity index (χ3v) is 9.52. The number of hydrogen-bond donors (Lipinski definition) is 5. The van der Waals surface area contributed by atoms with Gasteiger partial charge in [0.1, 0.15) is 6.04 Å². The standard InChI is InChI=1S/C36H43N9O3.ClH/c1-23-20-29(36(48)45-18-16-38-17-19-45)12-15-31(23)26-6-2-24(3-7-26)21-32(40-34(46)28-8-4-25(22-37)5-9-28)35(47)39-30-13-10-27(11-14-30)33-41-43-44-42-33;/h2-3,6-7,10-15,20,25,28,32,38H,4-5,8-9,16-19,21-22,37H2,1H3,(H,39,47)(H,40,46)(H,41,42,43,44);1H/t25-,28-,32-;/m0./s1. The van der Waals surface area contributed by atoms with E-state index in [9.17, 15) is 14.4 Å². The number of rotatable bonds is 10.